The maximum atomic E-state index is 12.7. The van der Waals surface area contributed by atoms with Gasteiger partial charge < -0.3 is 20.5 Å². The van der Waals surface area contributed by atoms with Crippen LogP contribution in [0.5, 0.6) is 0 Å². The number of anilines is 1. The number of halogens is 1. The molecule has 1 aliphatic rings. The molecule has 0 unspecified atom stereocenters. The zero-order valence-corrected chi connectivity index (χ0v) is 19.1. The van der Waals surface area contributed by atoms with Crippen LogP contribution in [0.25, 0.3) is 11.1 Å². The first kappa shape index (κ1) is 23.3. The lowest BCUT2D eigenvalue weighted by Crippen LogP contribution is -2.43. The number of carboxylic acid groups (broad SMARTS) is 1. The van der Waals surface area contributed by atoms with E-state index >= 15 is 0 Å². The maximum Gasteiger partial charge on any atom is 0.407 e. The molecular formula is C26H23ClN2O5. The number of aromatic carboxylic acids is 1. The van der Waals surface area contributed by atoms with E-state index in [2.05, 4.69) is 22.8 Å². The molecule has 4 rings (SSSR count). The molecule has 0 radical (unpaired) electrons. The van der Waals surface area contributed by atoms with E-state index in [1.807, 2.05) is 36.4 Å². The molecule has 1 aliphatic carbocycles. The summed E-state index contributed by atoms with van der Waals surface area (Å²) in [5.74, 6) is -1.76. The molecule has 0 spiro atoms. The van der Waals surface area contributed by atoms with Gasteiger partial charge in [-0.1, -0.05) is 67.1 Å². The van der Waals surface area contributed by atoms with E-state index in [4.69, 9.17) is 21.4 Å². The molecule has 8 heteroatoms. The Labute approximate surface area is 201 Å². The van der Waals surface area contributed by atoms with Crippen molar-refractivity contribution in [1.29, 1.82) is 0 Å². The van der Waals surface area contributed by atoms with Crippen molar-refractivity contribution >= 4 is 35.3 Å². The van der Waals surface area contributed by atoms with E-state index < -0.39 is 24.0 Å². The predicted octanol–water partition coefficient (Wildman–Crippen LogP) is 5.29. The van der Waals surface area contributed by atoms with Crippen molar-refractivity contribution in [2.24, 2.45) is 0 Å². The molecule has 34 heavy (non-hydrogen) atoms. The van der Waals surface area contributed by atoms with Crippen LogP contribution >= 0.6 is 11.6 Å². The van der Waals surface area contributed by atoms with Crippen molar-refractivity contribution in [3.05, 3.63) is 88.4 Å². The van der Waals surface area contributed by atoms with E-state index in [1.54, 1.807) is 6.92 Å². The summed E-state index contributed by atoms with van der Waals surface area (Å²) in [5, 5.41) is 14.5. The number of amides is 2. The molecular weight excluding hydrogens is 456 g/mol. The van der Waals surface area contributed by atoms with E-state index in [0.29, 0.717) is 6.42 Å². The fraction of sp³-hybridized carbons (Fsp3) is 0.192. The lowest BCUT2D eigenvalue weighted by molar-refractivity contribution is -0.118. The van der Waals surface area contributed by atoms with Gasteiger partial charge in [0.2, 0.25) is 5.91 Å². The molecule has 0 bridgehead atoms. The molecule has 2 amide bonds. The fourth-order valence-corrected chi connectivity index (χ4v) is 4.27. The average molecular weight is 479 g/mol. The van der Waals surface area contributed by atoms with Gasteiger partial charge in [-0.3, -0.25) is 4.79 Å². The van der Waals surface area contributed by atoms with E-state index in [9.17, 15) is 14.4 Å². The summed E-state index contributed by atoms with van der Waals surface area (Å²) in [6.45, 7) is 1.87. The van der Waals surface area contributed by atoms with E-state index in [-0.39, 0.29) is 28.8 Å². The molecule has 3 aromatic rings. The third kappa shape index (κ3) is 4.75. The minimum atomic E-state index is -1.14. The number of fused-ring (bicyclic) bond motifs is 3. The molecule has 0 saturated heterocycles. The highest BCUT2D eigenvalue weighted by molar-refractivity contribution is 6.34. The second kappa shape index (κ2) is 9.97. The van der Waals surface area contributed by atoms with Gasteiger partial charge in [-0.2, -0.15) is 0 Å². The summed E-state index contributed by atoms with van der Waals surface area (Å²) < 4.78 is 5.51. The van der Waals surface area contributed by atoms with Crippen LogP contribution in [0, 0.1) is 0 Å². The summed E-state index contributed by atoms with van der Waals surface area (Å²) in [6.07, 6.45) is -0.416. The minimum Gasteiger partial charge on any atom is -0.478 e. The number of hydrogen-bond donors (Lipinski definition) is 3. The van der Waals surface area contributed by atoms with Crippen LogP contribution in [0.3, 0.4) is 0 Å². The number of rotatable bonds is 7. The molecule has 0 aromatic heterocycles. The summed E-state index contributed by atoms with van der Waals surface area (Å²) in [5.41, 5.74) is 4.57. The Morgan fingerprint density at radius 3 is 2.21 bits per heavy atom. The number of ether oxygens (including phenoxy) is 1. The van der Waals surface area contributed by atoms with Crippen molar-refractivity contribution in [2.45, 2.75) is 25.3 Å². The number of carbonyl (C=O) groups is 3. The summed E-state index contributed by atoms with van der Waals surface area (Å²) in [4.78, 5) is 36.4. The summed E-state index contributed by atoms with van der Waals surface area (Å²) in [7, 11) is 0. The van der Waals surface area contributed by atoms with Crippen molar-refractivity contribution in [3.63, 3.8) is 0 Å². The lowest BCUT2D eigenvalue weighted by atomic mass is 9.98. The number of hydrogen-bond acceptors (Lipinski definition) is 4. The lowest BCUT2D eigenvalue weighted by Gasteiger charge is -2.19. The van der Waals surface area contributed by atoms with Crippen LogP contribution < -0.4 is 10.6 Å². The highest BCUT2D eigenvalue weighted by Crippen LogP contribution is 2.44. The zero-order chi connectivity index (χ0) is 24.2. The van der Waals surface area contributed by atoms with Gasteiger partial charge in [0.15, 0.2) is 0 Å². The third-order valence-electron chi connectivity index (χ3n) is 5.83. The van der Waals surface area contributed by atoms with Crippen LogP contribution in [0.2, 0.25) is 5.02 Å². The smallest absolute Gasteiger partial charge is 0.407 e. The van der Waals surface area contributed by atoms with E-state index in [1.165, 1.54) is 18.2 Å². The molecule has 3 aromatic carbocycles. The van der Waals surface area contributed by atoms with Gasteiger partial charge in [0.1, 0.15) is 12.6 Å². The molecule has 0 heterocycles. The van der Waals surface area contributed by atoms with Gasteiger partial charge in [0.25, 0.3) is 0 Å². The van der Waals surface area contributed by atoms with Crippen molar-refractivity contribution in [2.75, 3.05) is 11.9 Å². The molecule has 0 aliphatic heterocycles. The molecule has 174 valence electrons. The quantitative estimate of drug-likeness (QED) is 0.427. The molecule has 3 N–H and O–H groups in total. The Kier molecular flexibility index (Phi) is 6.84. The number of benzene rings is 3. The normalized spacial score (nSPS) is 12.9. The molecule has 7 nitrogen and oxygen atoms in total. The largest absolute Gasteiger partial charge is 0.478 e. The topological polar surface area (TPSA) is 105 Å². The average Bonchev–Trinajstić information content (AvgIpc) is 3.16. The molecule has 0 saturated carbocycles. The summed E-state index contributed by atoms with van der Waals surface area (Å²) in [6, 6.07) is 19.1. The van der Waals surface area contributed by atoms with Gasteiger partial charge in [-0.05, 0) is 46.9 Å². The number of carboxylic acids is 1. The third-order valence-corrected chi connectivity index (χ3v) is 6.16. The zero-order valence-electron chi connectivity index (χ0n) is 18.4. The number of alkyl carbamates (subject to hydrolysis) is 1. The summed E-state index contributed by atoms with van der Waals surface area (Å²) >= 11 is 6.08. The Balaban J connectivity index is 1.40. The maximum absolute atomic E-state index is 12.7. The van der Waals surface area contributed by atoms with E-state index in [0.717, 1.165) is 22.3 Å². The second-order valence-electron chi connectivity index (χ2n) is 7.92. The number of carbonyl (C=O) groups excluding carboxylic acids is 2. The van der Waals surface area contributed by atoms with Gasteiger partial charge in [0.05, 0.1) is 16.3 Å². The van der Waals surface area contributed by atoms with Crippen molar-refractivity contribution in [1.82, 2.24) is 5.32 Å². The standard InChI is InChI=1S/C26H23ClN2O5/c1-2-22(24(30)28-23-13-15(25(31)32)11-12-21(23)27)29-26(33)34-14-20-18-9-5-3-7-16(18)17-8-4-6-10-19(17)20/h3-13,20,22H,2,14H2,1H3,(H,28,30)(H,29,33)(H,31,32)/t22-/m1/s1. The van der Waals surface area contributed by atoms with Crippen molar-refractivity contribution < 1.29 is 24.2 Å². The van der Waals surface area contributed by atoms with Crippen LogP contribution in [0.4, 0.5) is 10.5 Å². The van der Waals surface area contributed by atoms with Gasteiger partial charge >= 0.3 is 12.1 Å². The van der Waals surface area contributed by atoms with Gasteiger partial charge in [-0.15, -0.1) is 0 Å². The number of nitrogens with one attached hydrogen (secondary N) is 2. The minimum absolute atomic E-state index is 0.0164. The highest BCUT2D eigenvalue weighted by Gasteiger charge is 2.29. The SMILES string of the molecule is CC[C@@H](NC(=O)OCC1c2ccccc2-c2ccccc21)C(=O)Nc1cc(C(=O)O)ccc1Cl. The Morgan fingerprint density at radius 2 is 1.62 bits per heavy atom. The first-order chi connectivity index (χ1) is 16.4. The Hall–Kier alpha value is -3.84. The fourth-order valence-electron chi connectivity index (χ4n) is 4.11. The van der Waals surface area contributed by atoms with Crippen LogP contribution in [-0.4, -0.2) is 35.7 Å². The molecule has 0 fully saturated rings. The first-order valence-electron chi connectivity index (χ1n) is 10.8. The monoisotopic (exact) mass is 478 g/mol. The molecule has 1 atom stereocenters. The van der Waals surface area contributed by atoms with Crippen molar-refractivity contribution in [3.8, 4) is 11.1 Å². The van der Waals surface area contributed by atoms with Crippen LogP contribution in [0.15, 0.2) is 66.7 Å². The van der Waals surface area contributed by atoms with Gasteiger partial charge in [0, 0.05) is 5.92 Å². The van der Waals surface area contributed by atoms with Gasteiger partial charge in [-0.25, -0.2) is 9.59 Å². The first-order valence-corrected chi connectivity index (χ1v) is 11.2. The Morgan fingerprint density at radius 1 is 1.00 bits per heavy atom. The van der Waals surface area contributed by atoms with Crippen LogP contribution in [0.1, 0.15) is 40.7 Å². The Bertz CT molecular complexity index is 1210. The van der Waals surface area contributed by atoms with Crippen LogP contribution in [-0.2, 0) is 9.53 Å². The predicted molar refractivity (Wildman–Crippen MR) is 129 cm³/mol. The highest BCUT2D eigenvalue weighted by atomic mass is 35.5. The second-order valence-corrected chi connectivity index (χ2v) is 8.33.